The van der Waals surface area contributed by atoms with Gasteiger partial charge in [-0.05, 0) is 62.5 Å². The molecule has 0 heterocycles. The molecule has 1 rings (SSSR count). The maximum atomic E-state index is 5.66. The Bertz CT molecular complexity index is 404. The van der Waals surface area contributed by atoms with Crippen LogP contribution >= 0.6 is 0 Å². The summed E-state index contributed by atoms with van der Waals surface area (Å²) in [5, 5.41) is 0. The van der Waals surface area contributed by atoms with Crippen molar-refractivity contribution in [2.75, 3.05) is 33.8 Å². The molecule has 2 N–H and O–H groups in total. The zero-order chi connectivity index (χ0) is 14.4. The van der Waals surface area contributed by atoms with Gasteiger partial charge < -0.3 is 15.4 Å². The molecule has 1 atom stereocenters. The number of hydrogen-bond acceptors (Lipinski definition) is 3. The lowest BCUT2D eigenvalue weighted by Gasteiger charge is -2.21. The van der Waals surface area contributed by atoms with Gasteiger partial charge in [-0.25, -0.2) is 0 Å². The monoisotopic (exact) mass is 264 g/mol. The summed E-state index contributed by atoms with van der Waals surface area (Å²) in [7, 11) is 3.90. The number of likely N-dealkylation sites (N-methyl/N-ethyl adjacent to an activating group) is 1. The highest BCUT2D eigenvalue weighted by molar-refractivity contribution is 5.41. The molecule has 3 nitrogen and oxygen atoms in total. The summed E-state index contributed by atoms with van der Waals surface area (Å²) in [6, 6.07) is 4.38. The van der Waals surface area contributed by atoms with Crippen LogP contribution in [-0.4, -0.2) is 38.7 Å². The molecular weight excluding hydrogens is 236 g/mol. The number of ether oxygens (including phenoxy) is 1. The lowest BCUT2D eigenvalue weighted by molar-refractivity contribution is 0.291. The second-order valence-corrected chi connectivity index (χ2v) is 5.60. The van der Waals surface area contributed by atoms with Gasteiger partial charge in [-0.15, -0.1) is 0 Å². The third-order valence-corrected chi connectivity index (χ3v) is 3.69. The lowest BCUT2D eigenvalue weighted by Crippen LogP contribution is -2.30. The molecule has 0 saturated heterocycles. The first-order valence-corrected chi connectivity index (χ1v) is 7.00. The van der Waals surface area contributed by atoms with Gasteiger partial charge in [0.15, 0.2) is 0 Å². The Hall–Kier alpha value is -1.06. The fraction of sp³-hybridized carbons (Fsp3) is 0.625. The van der Waals surface area contributed by atoms with Crippen LogP contribution in [0.3, 0.4) is 0 Å². The molecule has 1 aromatic carbocycles. The fourth-order valence-electron chi connectivity index (χ4n) is 2.24. The van der Waals surface area contributed by atoms with E-state index in [1.54, 1.807) is 7.11 Å². The Kier molecular flexibility index (Phi) is 6.32. The van der Waals surface area contributed by atoms with E-state index in [0.29, 0.717) is 5.92 Å². The number of benzene rings is 1. The molecule has 0 fully saturated rings. The summed E-state index contributed by atoms with van der Waals surface area (Å²) >= 11 is 0. The van der Waals surface area contributed by atoms with Crippen LogP contribution in [0.5, 0.6) is 5.75 Å². The number of aryl methyl sites for hydroxylation is 2. The zero-order valence-electron chi connectivity index (χ0n) is 13.0. The average molecular weight is 264 g/mol. The van der Waals surface area contributed by atoms with E-state index in [1.165, 1.54) is 16.7 Å². The van der Waals surface area contributed by atoms with E-state index in [1.807, 2.05) is 0 Å². The van der Waals surface area contributed by atoms with E-state index in [2.05, 4.69) is 44.9 Å². The zero-order valence-corrected chi connectivity index (χ0v) is 13.0. The molecule has 0 aliphatic heterocycles. The third-order valence-electron chi connectivity index (χ3n) is 3.69. The number of nitrogens with two attached hydrogens (primary N) is 1. The first-order valence-electron chi connectivity index (χ1n) is 7.00. The summed E-state index contributed by atoms with van der Waals surface area (Å²) in [4.78, 5) is 2.34. The summed E-state index contributed by atoms with van der Waals surface area (Å²) < 4.78 is 5.48. The summed E-state index contributed by atoms with van der Waals surface area (Å²) in [5.41, 5.74) is 9.56. The molecule has 1 unspecified atom stereocenters. The van der Waals surface area contributed by atoms with E-state index in [0.717, 1.165) is 31.8 Å². The van der Waals surface area contributed by atoms with Crippen molar-refractivity contribution in [3.05, 3.63) is 28.8 Å². The van der Waals surface area contributed by atoms with E-state index >= 15 is 0 Å². The Labute approximate surface area is 117 Å². The van der Waals surface area contributed by atoms with Crippen molar-refractivity contribution in [1.29, 1.82) is 0 Å². The van der Waals surface area contributed by atoms with Crippen molar-refractivity contribution in [3.63, 3.8) is 0 Å². The molecule has 0 amide bonds. The van der Waals surface area contributed by atoms with Crippen molar-refractivity contribution >= 4 is 0 Å². The Morgan fingerprint density at radius 2 is 1.89 bits per heavy atom. The Morgan fingerprint density at radius 3 is 2.47 bits per heavy atom. The van der Waals surface area contributed by atoms with Gasteiger partial charge in [0.2, 0.25) is 0 Å². The predicted molar refractivity (Wildman–Crippen MR) is 81.9 cm³/mol. The minimum absolute atomic E-state index is 0.548. The lowest BCUT2D eigenvalue weighted by atomic mass is 10.0. The Morgan fingerprint density at radius 1 is 1.26 bits per heavy atom. The minimum atomic E-state index is 0.548. The highest BCUT2D eigenvalue weighted by Gasteiger charge is 2.09. The van der Waals surface area contributed by atoms with Gasteiger partial charge in [0.25, 0.3) is 0 Å². The summed E-state index contributed by atoms with van der Waals surface area (Å²) in [5.74, 6) is 1.55. The number of rotatable bonds is 7. The number of methoxy groups -OCH3 is 1. The largest absolute Gasteiger partial charge is 0.496 e. The van der Waals surface area contributed by atoms with Crippen LogP contribution in [0, 0.1) is 19.8 Å². The van der Waals surface area contributed by atoms with Gasteiger partial charge in [-0.1, -0.05) is 13.0 Å². The quantitative estimate of drug-likeness (QED) is 0.822. The second kappa shape index (κ2) is 7.51. The molecule has 0 radical (unpaired) electrons. The van der Waals surface area contributed by atoms with E-state index in [-0.39, 0.29) is 0 Å². The SMILES string of the molecule is COc1cc(C)c(C)cc1CCN(C)CC(C)CN. The topological polar surface area (TPSA) is 38.5 Å². The van der Waals surface area contributed by atoms with Crippen LogP contribution in [0.2, 0.25) is 0 Å². The maximum absolute atomic E-state index is 5.66. The van der Waals surface area contributed by atoms with Crippen molar-refractivity contribution in [2.45, 2.75) is 27.2 Å². The second-order valence-electron chi connectivity index (χ2n) is 5.60. The Balaban J connectivity index is 2.64. The van der Waals surface area contributed by atoms with Crippen molar-refractivity contribution in [1.82, 2.24) is 4.90 Å². The highest BCUT2D eigenvalue weighted by Crippen LogP contribution is 2.23. The van der Waals surface area contributed by atoms with Crippen LogP contribution in [0.1, 0.15) is 23.6 Å². The molecule has 0 bridgehead atoms. The molecule has 3 heteroatoms. The van der Waals surface area contributed by atoms with Gasteiger partial charge in [-0.3, -0.25) is 0 Å². The maximum Gasteiger partial charge on any atom is 0.122 e. The first-order chi connectivity index (χ1) is 8.97. The van der Waals surface area contributed by atoms with Crippen LogP contribution < -0.4 is 10.5 Å². The first kappa shape index (κ1) is 16.0. The smallest absolute Gasteiger partial charge is 0.122 e. The van der Waals surface area contributed by atoms with E-state index < -0.39 is 0 Å². The van der Waals surface area contributed by atoms with Crippen LogP contribution in [-0.2, 0) is 6.42 Å². The molecule has 1 aromatic rings. The van der Waals surface area contributed by atoms with Crippen molar-refractivity contribution < 1.29 is 4.74 Å². The number of nitrogens with zero attached hydrogens (tertiary/aromatic N) is 1. The van der Waals surface area contributed by atoms with Crippen molar-refractivity contribution in [2.24, 2.45) is 11.7 Å². The van der Waals surface area contributed by atoms with Crippen molar-refractivity contribution in [3.8, 4) is 5.75 Å². The average Bonchev–Trinajstić information content (AvgIpc) is 2.39. The van der Waals surface area contributed by atoms with Crippen LogP contribution in [0.4, 0.5) is 0 Å². The van der Waals surface area contributed by atoms with Crippen LogP contribution in [0.25, 0.3) is 0 Å². The molecule has 0 aliphatic carbocycles. The van der Waals surface area contributed by atoms with Gasteiger partial charge in [0, 0.05) is 13.1 Å². The fourth-order valence-corrected chi connectivity index (χ4v) is 2.24. The summed E-state index contributed by atoms with van der Waals surface area (Å²) in [6.45, 7) is 9.28. The van der Waals surface area contributed by atoms with Gasteiger partial charge in [0.05, 0.1) is 7.11 Å². The van der Waals surface area contributed by atoms with Gasteiger partial charge >= 0.3 is 0 Å². The third kappa shape index (κ3) is 4.84. The van der Waals surface area contributed by atoms with E-state index in [4.69, 9.17) is 10.5 Å². The molecule has 19 heavy (non-hydrogen) atoms. The van der Waals surface area contributed by atoms with Crippen LogP contribution in [0.15, 0.2) is 12.1 Å². The molecule has 0 spiro atoms. The molecule has 0 aliphatic rings. The normalized spacial score (nSPS) is 12.8. The molecular formula is C16H28N2O. The van der Waals surface area contributed by atoms with Gasteiger partial charge in [0.1, 0.15) is 5.75 Å². The predicted octanol–water partition coefficient (Wildman–Crippen LogP) is 2.38. The number of hydrogen-bond donors (Lipinski definition) is 1. The van der Waals surface area contributed by atoms with Gasteiger partial charge in [-0.2, -0.15) is 0 Å². The van der Waals surface area contributed by atoms with E-state index in [9.17, 15) is 0 Å². The minimum Gasteiger partial charge on any atom is -0.496 e. The highest BCUT2D eigenvalue weighted by atomic mass is 16.5. The standard InChI is InChI=1S/C16H28N2O/c1-12(10-17)11-18(4)7-6-15-8-13(2)14(3)9-16(15)19-5/h8-9,12H,6-7,10-11,17H2,1-5H3. The summed E-state index contributed by atoms with van der Waals surface area (Å²) in [6.07, 6.45) is 1.01. The molecule has 0 saturated carbocycles. The molecule has 0 aromatic heterocycles. The molecule has 108 valence electrons.